The van der Waals surface area contributed by atoms with Crippen LogP contribution in [0.3, 0.4) is 0 Å². The van der Waals surface area contributed by atoms with Gasteiger partial charge in [-0.1, -0.05) is 41.5 Å². The van der Waals surface area contributed by atoms with Crippen LogP contribution in [0.15, 0.2) is 4.99 Å². The second kappa shape index (κ2) is 20.6. The van der Waals surface area contributed by atoms with Crippen molar-refractivity contribution in [2.24, 2.45) is 28.3 Å². The molecule has 0 saturated heterocycles. The van der Waals surface area contributed by atoms with Crippen LogP contribution in [-0.4, -0.2) is 101 Å². The molecule has 4 atom stereocenters. The standard InChI is InChI=1S/C28H50N8O9/c1-14(2)10-18(35-27(45)20(12-23(40)41)33-16(5)6)26(44)36-19(11-22(38)39)25(43)32-13-21(37)34-17(24(42)15(3)4)8-7-9-31-28(29)30/h14-20,33H,7-13H2,1-6H3,(H,32,43)(H,34,37)(H,35,45)(H,36,44)(H,38,39)(H,40,41)(H4,29,30,31)/t17-,18-,19-,20-/m0/s1. The van der Waals surface area contributed by atoms with Gasteiger partial charge in [0.15, 0.2) is 11.7 Å². The summed E-state index contributed by atoms with van der Waals surface area (Å²) in [5.41, 5.74) is 10.6. The number of guanidine groups is 1. The van der Waals surface area contributed by atoms with Gasteiger partial charge in [-0.25, -0.2) is 0 Å². The summed E-state index contributed by atoms with van der Waals surface area (Å²) in [6.07, 6.45) is -0.673. The predicted molar refractivity (Wildman–Crippen MR) is 165 cm³/mol. The lowest BCUT2D eigenvalue weighted by Crippen LogP contribution is -2.58. The van der Waals surface area contributed by atoms with Gasteiger partial charge in [-0.2, -0.15) is 0 Å². The molecule has 0 rings (SSSR count). The van der Waals surface area contributed by atoms with Crippen LogP contribution in [0.2, 0.25) is 0 Å². The molecule has 0 spiro atoms. The normalized spacial score (nSPS) is 13.7. The molecule has 0 aliphatic heterocycles. The number of carbonyl (C=O) groups is 7. The van der Waals surface area contributed by atoms with E-state index in [4.69, 9.17) is 11.5 Å². The van der Waals surface area contributed by atoms with Gasteiger partial charge in [0.2, 0.25) is 23.6 Å². The summed E-state index contributed by atoms with van der Waals surface area (Å²) in [5, 5.41) is 31.0. The van der Waals surface area contributed by atoms with E-state index in [0.717, 1.165) is 0 Å². The molecule has 0 bridgehead atoms. The average molecular weight is 643 g/mol. The summed E-state index contributed by atoms with van der Waals surface area (Å²) in [7, 11) is 0. The van der Waals surface area contributed by atoms with Crippen molar-refractivity contribution in [3.63, 3.8) is 0 Å². The van der Waals surface area contributed by atoms with Crippen molar-refractivity contribution in [1.82, 2.24) is 26.6 Å². The van der Waals surface area contributed by atoms with E-state index in [0.29, 0.717) is 6.42 Å². The molecular formula is C28H50N8O9. The molecule has 0 radical (unpaired) electrons. The molecule has 11 N–H and O–H groups in total. The third-order valence-electron chi connectivity index (χ3n) is 6.20. The van der Waals surface area contributed by atoms with E-state index in [1.165, 1.54) is 0 Å². The Bertz CT molecular complexity index is 1070. The summed E-state index contributed by atoms with van der Waals surface area (Å²) in [6.45, 7) is 9.92. The smallest absolute Gasteiger partial charge is 0.305 e. The lowest BCUT2D eigenvalue weighted by Gasteiger charge is -2.26. The Labute approximate surface area is 263 Å². The first-order valence-corrected chi connectivity index (χ1v) is 14.8. The van der Waals surface area contributed by atoms with Crippen LogP contribution < -0.4 is 38.1 Å². The van der Waals surface area contributed by atoms with Gasteiger partial charge in [-0.3, -0.25) is 38.6 Å². The lowest BCUT2D eigenvalue weighted by atomic mass is 9.98. The van der Waals surface area contributed by atoms with Crippen molar-refractivity contribution in [2.45, 2.75) is 104 Å². The number of nitrogens with one attached hydrogen (secondary N) is 5. The van der Waals surface area contributed by atoms with Gasteiger partial charge in [0, 0.05) is 18.5 Å². The summed E-state index contributed by atoms with van der Waals surface area (Å²) < 4.78 is 0. The number of carboxylic acids is 2. The molecule has 0 fully saturated rings. The highest BCUT2D eigenvalue weighted by Gasteiger charge is 2.32. The van der Waals surface area contributed by atoms with E-state index < -0.39 is 85.0 Å². The molecule has 17 heteroatoms. The first-order chi connectivity index (χ1) is 20.8. The number of Topliss-reactive ketones (excluding diaryl/α,β-unsaturated/α-hetero) is 1. The fourth-order valence-electron chi connectivity index (χ4n) is 4.16. The first kappa shape index (κ1) is 40.7. The summed E-state index contributed by atoms with van der Waals surface area (Å²) in [4.78, 5) is 90.8. The van der Waals surface area contributed by atoms with Crippen LogP contribution in [0.1, 0.15) is 73.6 Å². The van der Waals surface area contributed by atoms with E-state index in [1.54, 1.807) is 41.5 Å². The summed E-state index contributed by atoms with van der Waals surface area (Å²) in [5.74, 6) is -6.89. The van der Waals surface area contributed by atoms with Gasteiger partial charge in [0.05, 0.1) is 31.5 Å². The van der Waals surface area contributed by atoms with Crippen LogP contribution in [-0.2, 0) is 33.6 Å². The minimum Gasteiger partial charge on any atom is -0.481 e. The molecule has 0 aromatic heterocycles. The highest BCUT2D eigenvalue weighted by molar-refractivity contribution is 5.96. The minimum atomic E-state index is -1.62. The van der Waals surface area contributed by atoms with Crippen LogP contribution >= 0.6 is 0 Å². The van der Waals surface area contributed by atoms with Crippen LogP contribution in [0, 0.1) is 11.8 Å². The molecule has 0 heterocycles. The number of rotatable bonds is 22. The number of carbonyl (C=O) groups excluding carboxylic acids is 5. The summed E-state index contributed by atoms with van der Waals surface area (Å²) >= 11 is 0. The Morgan fingerprint density at radius 1 is 0.711 bits per heavy atom. The lowest BCUT2D eigenvalue weighted by molar-refractivity contribution is -0.141. The third-order valence-corrected chi connectivity index (χ3v) is 6.20. The maximum atomic E-state index is 13.2. The zero-order chi connectivity index (χ0) is 34.9. The van der Waals surface area contributed by atoms with Crippen molar-refractivity contribution in [3.8, 4) is 0 Å². The first-order valence-electron chi connectivity index (χ1n) is 14.8. The molecule has 0 aliphatic rings. The fraction of sp³-hybridized carbons (Fsp3) is 0.714. The van der Waals surface area contributed by atoms with Gasteiger partial charge in [0.1, 0.15) is 12.1 Å². The van der Waals surface area contributed by atoms with Gasteiger partial charge in [-0.15, -0.1) is 0 Å². The molecule has 17 nitrogen and oxygen atoms in total. The Balaban J connectivity index is 5.60. The zero-order valence-corrected chi connectivity index (χ0v) is 26.8. The van der Waals surface area contributed by atoms with Crippen molar-refractivity contribution in [1.29, 1.82) is 0 Å². The Kier molecular flexibility index (Phi) is 18.7. The summed E-state index contributed by atoms with van der Waals surface area (Å²) in [6, 6.07) is -5.13. The molecule has 256 valence electrons. The topological polar surface area (TPSA) is 284 Å². The van der Waals surface area contributed by atoms with Gasteiger partial charge >= 0.3 is 11.9 Å². The molecular weight excluding hydrogens is 592 g/mol. The number of amides is 4. The number of nitrogens with zero attached hydrogens (tertiary/aromatic N) is 1. The van der Waals surface area contributed by atoms with Crippen molar-refractivity contribution in [3.05, 3.63) is 0 Å². The Hall–Kier alpha value is -4.28. The Morgan fingerprint density at radius 3 is 1.73 bits per heavy atom. The largest absolute Gasteiger partial charge is 0.481 e. The number of aliphatic carboxylic acids is 2. The van der Waals surface area contributed by atoms with Crippen molar-refractivity contribution < 1.29 is 43.8 Å². The number of nitrogens with two attached hydrogens (primary N) is 2. The second-order valence-corrected chi connectivity index (χ2v) is 11.7. The maximum absolute atomic E-state index is 13.2. The molecule has 0 aromatic rings. The van der Waals surface area contributed by atoms with E-state index in [2.05, 4.69) is 31.6 Å². The van der Waals surface area contributed by atoms with Crippen LogP contribution in [0.4, 0.5) is 0 Å². The zero-order valence-electron chi connectivity index (χ0n) is 26.8. The Morgan fingerprint density at radius 2 is 1.24 bits per heavy atom. The molecule has 4 amide bonds. The predicted octanol–water partition coefficient (Wildman–Crippen LogP) is -1.80. The number of aliphatic imine (C=N–C) groups is 1. The molecule has 0 aromatic carbocycles. The molecule has 0 unspecified atom stereocenters. The molecule has 0 saturated carbocycles. The van der Waals surface area contributed by atoms with Gasteiger partial charge < -0.3 is 48.3 Å². The average Bonchev–Trinajstić information content (AvgIpc) is 2.90. The number of ketones is 1. The van der Waals surface area contributed by atoms with Crippen molar-refractivity contribution in [2.75, 3.05) is 13.1 Å². The van der Waals surface area contributed by atoms with Gasteiger partial charge in [0.25, 0.3) is 0 Å². The fourth-order valence-corrected chi connectivity index (χ4v) is 4.16. The van der Waals surface area contributed by atoms with E-state index in [-0.39, 0.29) is 43.1 Å². The van der Waals surface area contributed by atoms with E-state index in [1.807, 2.05) is 0 Å². The quantitative estimate of drug-likeness (QED) is 0.0359. The third kappa shape index (κ3) is 18.2. The second-order valence-electron chi connectivity index (χ2n) is 11.7. The van der Waals surface area contributed by atoms with Crippen LogP contribution in [0.5, 0.6) is 0 Å². The SMILES string of the molecule is CC(C)C[C@H](NC(=O)[C@H](CC(=O)O)NC(C)C)C(=O)N[C@@H](CC(=O)O)C(=O)NCC(=O)N[C@@H](CCCN=C(N)N)C(=O)C(C)C. The number of carboxylic acid groups (broad SMARTS) is 2. The maximum Gasteiger partial charge on any atom is 0.305 e. The minimum absolute atomic E-state index is 0.0946. The highest BCUT2D eigenvalue weighted by atomic mass is 16.4. The monoisotopic (exact) mass is 642 g/mol. The molecule has 45 heavy (non-hydrogen) atoms. The number of hydrogen-bond acceptors (Lipinski definition) is 9. The van der Waals surface area contributed by atoms with Crippen LogP contribution in [0.25, 0.3) is 0 Å². The number of hydrogen-bond donors (Lipinski definition) is 9. The van der Waals surface area contributed by atoms with E-state index in [9.17, 15) is 43.8 Å². The van der Waals surface area contributed by atoms with E-state index >= 15 is 0 Å². The van der Waals surface area contributed by atoms with Crippen molar-refractivity contribution >= 4 is 47.3 Å². The highest BCUT2D eigenvalue weighted by Crippen LogP contribution is 2.09. The molecule has 0 aliphatic carbocycles. The van der Waals surface area contributed by atoms with Gasteiger partial charge in [-0.05, 0) is 25.2 Å².